The van der Waals surface area contributed by atoms with Gasteiger partial charge >= 0.3 is 0 Å². The predicted molar refractivity (Wildman–Crippen MR) is 39.8 cm³/mol. The summed E-state index contributed by atoms with van der Waals surface area (Å²) >= 11 is 0. The van der Waals surface area contributed by atoms with Gasteiger partial charge in [-0.3, -0.25) is 0 Å². The number of hydrogen-bond acceptors (Lipinski definition) is 2. The Bertz CT molecular complexity index is 79.3. The molecule has 0 N–H and O–H groups in total. The van der Waals surface area contributed by atoms with Gasteiger partial charge in [0.1, 0.15) is 0 Å². The number of unbranched alkanes of at least 4 members (excludes halogenated alkanes) is 1. The van der Waals surface area contributed by atoms with Crippen LogP contribution in [0.25, 0.3) is 0 Å². The molecule has 1 fully saturated rings. The highest BCUT2D eigenvalue weighted by molar-refractivity contribution is 4.67. The van der Waals surface area contributed by atoms with Gasteiger partial charge in [-0.05, 0) is 12.8 Å². The molecule has 0 aromatic heterocycles. The van der Waals surface area contributed by atoms with Crippen molar-refractivity contribution < 1.29 is 9.47 Å². The average Bonchev–Trinajstić information content (AvgIpc) is 2.71. The second-order valence-electron chi connectivity index (χ2n) is 2.56. The van der Waals surface area contributed by atoms with Crippen molar-refractivity contribution in [3.63, 3.8) is 0 Å². The first-order valence-corrected chi connectivity index (χ1v) is 3.92. The van der Waals surface area contributed by atoms with Gasteiger partial charge in [0, 0.05) is 13.2 Å². The van der Waals surface area contributed by atoms with Gasteiger partial charge < -0.3 is 9.47 Å². The van der Waals surface area contributed by atoms with Crippen molar-refractivity contribution in [1.29, 1.82) is 0 Å². The summed E-state index contributed by atoms with van der Waals surface area (Å²) < 4.78 is 10.3. The van der Waals surface area contributed by atoms with E-state index >= 15 is 0 Å². The van der Waals surface area contributed by atoms with Gasteiger partial charge in [-0.15, -0.1) is 0 Å². The Kier molecular flexibility index (Phi) is 3.76. The molecule has 59 valence electrons. The first-order valence-electron chi connectivity index (χ1n) is 3.92. The van der Waals surface area contributed by atoms with Crippen molar-refractivity contribution in [2.24, 2.45) is 0 Å². The van der Waals surface area contributed by atoms with Crippen LogP contribution < -0.4 is 0 Å². The molecule has 1 rings (SSSR count). The fraction of sp³-hybridized carbons (Fsp3) is 0.875. The maximum atomic E-state index is 5.30. The van der Waals surface area contributed by atoms with Gasteiger partial charge in [0.15, 0.2) is 0 Å². The molecule has 0 aromatic carbocycles. The molecular formula is C8H15O2. The molecule has 0 aliphatic carbocycles. The van der Waals surface area contributed by atoms with Crippen LogP contribution in [0.1, 0.15) is 19.3 Å². The van der Waals surface area contributed by atoms with Gasteiger partial charge in [-0.2, -0.15) is 0 Å². The van der Waals surface area contributed by atoms with E-state index < -0.39 is 0 Å². The standard InChI is InChI=1S/C8H15O2/c1-2-3-5-9-6-4-8-7-10-8/h8H,1-7H2. The van der Waals surface area contributed by atoms with Crippen LogP contribution in [0.3, 0.4) is 0 Å². The first kappa shape index (κ1) is 8.02. The fourth-order valence-electron chi connectivity index (χ4n) is 0.756. The fourth-order valence-corrected chi connectivity index (χ4v) is 0.756. The number of rotatable bonds is 6. The second kappa shape index (κ2) is 4.69. The molecule has 1 unspecified atom stereocenters. The van der Waals surface area contributed by atoms with E-state index in [2.05, 4.69) is 6.92 Å². The van der Waals surface area contributed by atoms with Gasteiger partial charge in [0.2, 0.25) is 0 Å². The smallest absolute Gasteiger partial charge is 0.0831 e. The Morgan fingerprint density at radius 2 is 2.30 bits per heavy atom. The normalized spacial score (nSPS) is 23.1. The van der Waals surface area contributed by atoms with E-state index in [1.165, 1.54) is 0 Å². The zero-order chi connectivity index (χ0) is 7.23. The van der Waals surface area contributed by atoms with Gasteiger partial charge in [0.25, 0.3) is 0 Å². The van der Waals surface area contributed by atoms with Gasteiger partial charge in [0.05, 0.1) is 12.7 Å². The summed E-state index contributed by atoms with van der Waals surface area (Å²) in [6.45, 7) is 6.38. The molecule has 0 amide bonds. The lowest BCUT2D eigenvalue weighted by Gasteiger charge is -1.99. The Morgan fingerprint density at radius 3 is 2.90 bits per heavy atom. The molecule has 1 atom stereocenters. The maximum Gasteiger partial charge on any atom is 0.0831 e. The lowest BCUT2D eigenvalue weighted by Crippen LogP contribution is -1.99. The largest absolute Gasteiger partial charge is 0.381 e. The van der Waals surface area contributed by atoms with Crippen LogP contribution in [0.4, 0.5) is 0 Å². The topological polar surface area (TPSA) is 21.8 Å². The molecule has 0 saturated carbocycles. The van der Waals surface area contributed by atoms with Crippen molar-refractivity contribution in [3.8, 4) is 0 Å². The van der Waals surface area contributed by atoms with E-state index in [0.29, 0.717) is 6.10 Å². The Hall–Kier alpha value is -0.0800. The van der Waals surface area contributed by atoms with Crippen LogP contribution >= 0.6 is 0 Å². The molecule has 1 heterocycles. The molecule has 1 aliphatic heterocycles. The summed E-state index contributed by atoms with van der Waals surface area (Å²) in [6, 6.07) is 0. The summed E-state index contributed by atoms with van der Waals surface area (Å²) in [4.78, 5) is 0. The molecule has 0 bridgehead atoms. The summed E-state index contributed by atoms with van der Waals surface area (Å²) in [5.74, 6) is 0. The highest BCUT2D eigenvalue weighted by atomic mass is 16.6. The third-order valence-corrected chi connectivity index (χ3v) is 1.53. The predicted octanol–water partition coefficient (Wildman–Crippen LogP) is 1.41. The lowest BCUT2D eigenvalue weighted by molar-refractivity contribution is 0.124. The van der Waals surface area contributed by atoms with Crippen LogP contribution in [0.15, 0.2) is 0 Å². The molecule has 0 spiro atoms. The minimum atomic E-state index is 0.514. The molecule has 1 aliphatic rings. The van der Waals surface area contributed by atoms with Gasteiger partial charge in [-0.25, -0.2) is 0 Å². The summed E-state index contributed by atoms with van der Waals surface area (Å²) in [5.41, 5.74) is 0. The summed E-state index contributed by atoms with van der Waals surface area (Å²) in [6.07, 6.45) is 3.63. The average molecular weight is 143 g/mol. The van der Waals surface area contributed by atoms with E-state index in [0.717, 1.165) is 39.1 Å². The van der Waals surface area contributed by atoms with E-state index in [1.807, 2.05) is 0 Å². The Balaban J connectivity index is 1.68. The van der Waals surface area contributed by atoms with Crippen molar-refractivity contribution >= 4 is 0 Å². The van der Waals surface area contributed by atoms with Gasteiger partial charge in [-0.1, -0.05) is 13.3 Å². The minimum absolute atomic E-state index is 0.514. The van der Waals surface area contributed by atoms with Crippen LogP contribution in [-0.2, 0) is 9.47 Å². The zero-order valence-corrected chi connectivity index (χ0v) is 6.34. The van der Waals surface area contributed by atoms with Crippen LogP contribution in [0, 0.1) is 6.92 Å². The highest BCUT2D eigenvalue weighted by Gasteiger charge is 2.21. The molecule has 10 heavy (non-hydrogen) atoms. The first-order chi connectivity index (χ1) is 4.93. The number of ether oxygens (including phenoxy) is 2. The van der Waals surface area contributed by atoms with Crippen LogP contribution in [0.2, 0.25) is 0 Å². The molecule has 0 aromatic rings. The molecular weight excluding hydrogens is 128 g/mol. The highest BCUT2D eigenvalue weighted by Crippen LogP contribution is 2.12. The van der Waals surface area contributed by atoms with Crippen molar-refractivity contribution in [1.82, 2.24) is 0 Å². The molecule has 2 nitrogen and oxygen atoms in total. The third-order valence-electron chi connectivity index (χ3n) is 1.53. The summed E-state index contributed by atoms with van der Waals surface area (Å²) in [7, 11) is 0. The van der Waals surface area contributed by atoms with E-state index in [4.69, 9.17) is 9.47 Å². The van der Waals surface area contributed by atoms with Crippen LogP contribution in [0.5, 0.6) is 0 Å². The SMILES string of the molecule is [CH2]CCCOCCC1CO1. The maximum absolute atomic E-state index is 5.30. The minimum Gasteiger partial charge on any atom is -0.381 e. The van der Waals surface area contributed by atoms with E-state index in [9.17, 15) is 0 Å². The Labute approximate surface area is 62.5 Å². The lowest BCUT2D eigenvalue weighted by atomic mass is 10.3. The molecule has 2 heteroatoms. The molecule has 1 saturated heterocycles. The monoisotopic (exact) mass is 143 g/mol. The van der Waals surface area contributed by atoms with Crippen LogP contribution in [-0.4, -0.2) is 25.9 Å². The summed E-state index contributed by atoms with van der Waals surface area (Å²) in [5, 5.41) is 0. The third kappa shape index (κ3) is 3.85. The number of epoxide rings is 1. The quantitative estimate of drug-likeness (QED) is 0.414. The Morgan fingerprint density at radius 1 is 1.50 bits per heavy atom. The zero-order valence-electron chi connectivity index (χ0n) is 6.34. The molecule has 1 radical (unpaired) electrons. The second-order valence-corrected chi connectivity index (χ2v) is 2.56. The van der Waals surface area contributed by atoms with Crippen molar-refractivity contribution in [2.75, 3.05) is 19.8 Å². The van der Waals surface area contributed by atoms with E-state index in [1.54, 1.807) is 0 Å². The number of hydrogen-bond donors (Lipinski definition) is 0. The van der Waals surface area contributed by atoms with Crippen molar-refractivity contribution in [3.05, 3.63) is 6.92 Å². The van der Waals surface area contributed by atoms with Crippen molar-refractivity contribution in [2.45, 2.75) is 25.4 Å². The van der Waals surface area contributed by atoms with E-state index in [-0.39, 0.29) is 0 Å².